The van der Waals surface area contributed by atoms with Crippen molar-refractivity contribution in [3.05, 3.63) is 79.3 Å². The zero-order chi connectivity index (χ0) is 24.6. The lowest BCUT2D eigenvalue weighted by molar-refractivity contribution is 0.311. The summed E-state index contributed by atoms with van der Waals surface area (Å²) >= 11 is 0. The molecule has 1 aliphatic rings. The van der Waals surface area contributed by atoms with E-state index < -0.39 is 0 Å². The van der Waals surface area contributed by atoms with E-state index in [0.717, 1.165) is 59.5 Å². The highest BCUT2D eigenvalue weighted by Gasteiger charge is 2.19. The zero-order valence-corrected chi connectivity index (χ0v) is 20.3. The smallest absolute Gasteiger partial charge is 0.227 e. The average molecular weight is 483 g/mol. The number of benzene rings is 2. The Balaban J connectivity index is 1.36. The second-order valence-electron chi connectivity index (χ2n) is 9.22. The molecular formula is C28H27FN6O. The van der Waals surface area contributed by atoms with Crippen molar-refractivity contribution in [1.82, 2.24) is 19.4 Å². The summed E-state index contributed by atoms with van der Waals surface area (Å²) in [6.07, 6.45) is 7.18. The first-order valence-corrected chi connectivity index (χ1v) is 12.0. The van der Waals surface area contributed by atoms with E-state index in [2.05, 4.69) is 50.0 Å². The van der Waals surface area contributed by atoms with Crippen LogP contribution in [0.2, 0.25) is 0 Å². The maximum atomic E-state index is 15.1. The second kappa shape index (κ2) is 9.13. The van der Waals surface area contributed by atoms with E-state index in [9.17, 15) is 0 Å². The Morgan fingerprint density at radius 2 is 1.81 bits per heavy atom. The number of aromatic nitrogens is 3. The van der Waals surface area contributed by atoms with Gasteiger partial charge in [0, 0.05) is 78.9 Å². The largest absolute Gasteiger partial charge is 0.472 e. The summed E-state index contributed by atoms with van der Waals surface area (Å²) in [5, 5.41) is 4.29. The summed E-state index contributed by atoms with van der Waals surface area (Å²) in [6.45, 7) is 3.47. The maximum absolute atomic E-state index is 15.1. The summed E-state index contributed by atoms with van der Waals surface area (Å²) in [4.78, 5) is 13.8. The molecule has 0 aliphatic carbocycles. The van der Waals surface area contributed by atoms with Gasteiger partial charge in [-0.2, -0.15) is 0 Å². The summed E-state index contributed by atoms with van der Waals surface area (Å²) in [5.74, 6) is 0.144. The van der Waals surface area contributed by atoms with Crippen LogP contribution >= 0.6 is 0 Å². The second-order valence-corrected chi connectivity index (χ2v) is 9.22. The molecule has 1 saturated heterocycles. The maximum Gasteiger partial charge on any atom is 0.227 e. The molecule has 1 fully saturated rings. The number of furan rings is 1. The van der Waals surface area contributed by atoms with Crippen LogP contribution in [0.4, 0.5) is 21.7 Å². The number of halogens is 1. The Morgan fingerprint density at radius 1 is 0.972 bits per heavy atom. The molecule has 2 aromatic carbocycles. The van der Waals surface area contributed by atoms with Crippen LogP contribution in [0, 0.1) is 5.82 Å². The molecule has 8 heteroatoms. The molecular weight excluding hydrogens is 455 g/mol. The van der Waals surface area contributed by atoms with Crippen molar-refractivity contribution in [3.8, 4) is 22.4 Å². The molecule has 0 radical (unpaired) electrons. The van der Waals surface area contributed by atoms with Crippen LogP contribution in [0.15, 0.2) is 77.9 Å². The van der Waals surface area contributed by atoms with Crippen molar-refractivity contribution < 1.29 is 8.81 Å². The first-order valence-electron chi connectivity index (χ1n) is 12.0. The summed E-state index contributed by atoms with van der Waals surface area (Å²) in [6, 6.07) is 15.3. The van der Waals surface area contributed by atoms with E-state index in [1.165, 1.54) is 6.07 Å². The van der Waals surface area contributed by atoms with Crippen molar-refractivity contribution in [2.45, 2.75) is 0 Å². The number of aryl methyl sites for hydroxylation is 1. The van der Waals surface area contributed by atoms with Crippen LogP contribution in [0.5, 0.6) is 0 Å². The number of nitrogens with one attached hydrogen (secondary N) is 1. The molecule has 5 aromatic rings. The van der Waals surface area contributed by atoms with E-state index in [0.29, 0.717) is 17.3 Å². The molecule has 1 aliphatic heterocycles. The van der Waals surface area contributed by atoms with E-state index in [-0.39, 0.29) is 5.82 Å². The van der Waals surface area contributed by atoms with Gasteiger partial charge in [-0.3, -0.25) is 0 Å². The fourth-order valence-corrected chi connectivity index (χ4v) is 4.82. The molecule has 4 heterocycles. The van der Waals surface area contributed by atoms with Gasteiger partial charge in [0.1, 0.15) is 5.82 Å². The number of para-hydroxylation sites is 1. The highest BCUT2D eigenvalue weighted by atomic mass is 19.1. The lowest BCUT2D eigenvalue weighted by atomic mass is 10.0. The molecule has 0 spiro atoms. The molecule has 36 heavy (non-hydrogen) atoms. The first kappa shape index (κ1) is 22.3. The molecule has 182 valence electrons. The van der Waals surface area contributed by atoms with Gasteiger partial charge >= 0.3 is 0 Å². The average Bonchev–Trinajstić information content (AvgIpc) is 3.54. The number of hydrogen-bond donors (Lipinski definition) is 1. The first-order chi connectivity index (χ1) is 17.6. The van der Waals surface area contributed by atoms with Gasteiger partial charge in [-0.15, -0.1) is 0 Å². The minimum Gasteiger partial charge on any atom is -0.472 e. The van der Waals surface area contributed by atoms with Gasteiger partial charge in [-0.25, -0.2) is 14.4 Å². The lowest BCUT2D eigenvalue weighted by Gasteiger charge is -2.34. The predicted molar refractivity (Wildman–Crippen MR) is 141 cm³/mol. The monoisotopic (exact) mass is 482 g/mol. The normalized spacial score (nSPS) is 14.5. The highest BCUT2D eigenvalue weighted by molar-refractivity contribution is 5.98. The Morgan fingerprint density at radius 3 is 2.58 bits per heavy atom. The fourth-order valence-electron chi connectivity index (χ4n) is 4.82. The van der Waals surface area contributed by atoms with E-state index in [1.54, 1.807) is 18.7 Å². The SMILES string of the molecule is CN1CCN(c2ccc(Nc3ncc(-c4ccoc4)c(-c4cn(C)c5ccccc45)n3)cc2F)CC1. The Labute approximate surface area is 208 Å². The standard InChI is InChI=1S/C28H27FN6O/c1-33-10-12-35(13-11-33)26-8-7-20(15-24(26)29)31-28-30-16-22(19-9-14-36-18-19)27(32-28)23-17-34(2)25-6-4-3-5-21(23)25/h3-9,14-18H,10-13H2,1-2H3,(H,30,31,32). The molecule has 1 N–H and O–H groups in total. The van der Waals surface area contributed by atoms with Gasteiger partial charge < -0.3 is 24.1 Å². The quantitative estimate of drug-likeness (QED) is 0.355. The Kier molecular flexibility index (Phi) is 5.65. The molecule has 0 unspecified atom stereocenters. The van der Waals surface area contributed by atoms with Crippen LogP contribution < -0.4 is 10.2 Å². The van der Waals surface area contributed by atoms with Crippen LogP contribution in [0.3, 0.4) is 0 Å². The predicted octanol–water partition coefficient (Wildman–Crippen LogP) is 5.53. The molecule has 0 bridgehead atoms. The van der Waals surface area contributed by atoms with Crippen LogP contribution in [-0.4, -0.2) is 52.7 Å². The minimum absolute atomic E-state index is 0.256. The summed E-state index contributed by atoms with van der Waals surface area (Å²) < 4.78 is 22.5. The molecule has 6 rings (SSSR count). The fraction of sp³-hybridized carbons (Fsp3) is 0.214. The van der Waals surface area contributed by atoms with Crippen molar-refractivity contribution in [2.75, 3.05) is 43.4 Å². The third-order valence-electron chi connectivity index (χ3n) is 6.82. The van der Waals surface area contributed by atoms with Gasteiger partial charge in [0.2, 0.25) is 5.95 Å². The van der Waals surface area contributed by atoms with Crippen LogP contribution in [-0.2, 0) is 7.05 Å². The Hall–Kier alpha value is -4.17. The van der Waals surface area contributed by atoms with Gasteiger partial charge in [0.15, 0.2) is 0 Å². The van der Waals surface area contributed by atoms with Crippen LogP contribution in [0.1, 0.15) is 0 Å². The number of rotatable bonds is 5. The number of piperazine rings is 1. The van der Waals surface area contributed by atoms with E-state index in [1.807, 2.05) is 37.4 Å². The molecule has 3 aromatic heterocycles. The van der Waals surface area contributed by atoms with Crippen molar-refractivity contribution >= 4 is 28.2 Å². The van der Waals surface area contributed by atoms with Crippen LogP contribution in [0.25, 0.3) is 33.3 Å². The van der Waals surface area contributed by atoms with Crippen molar-refractivity contribution in [2.24, 2.45) is 7.05 Å². The molecule has 0 amide bonds. The third-order valence-corrected chi connectivity index (χ3v) is 6.82. The molecule has 0 atom stereocenters. The molecule has 0 saturated carbocycles. The van der Waals surface area contributed by atoms with E-state index in [4.69, 9.17) is 9.40 Å². The summed E-state index contributed by atoms with van der Waals surface area (Å²) in [7, 11) is 4.11. The molecule has 7 nitrogen and oxygen atoms in total. The lowest BCUT2D eigenvalue weighted by Crippen LogP contribution is -2.44. The van der Waals surface area contributed by atoms with Gasteiger partial charge in [-0.05, 0) is 37.4 Å². The number of fused-ring (bicyclic) bond motifs is 1. The number of nitrogens with zero attached hydrogens (tertiary/aromatic N) is 5. The zero-order valence-electron chi connectivity index (χ0n) is 20.3. The van der Waals surface area contributed by atoms with Crippen molar-refractivity contribution in [3.63, 3.8) is 0 Å². The van der Waals surface area contributed by atoms with E-state index >= 15 is 4.39 Å². The number of hydrogen-bond acceptors (Lipinski definition) is 6. The third kappa shape index (κ3) is 4.09. The van der Waals surface area contributed by atoms with Gasteiger partial charge in [-0.1, -0.05) is 18.2 Å². The number of likely N-dealkylation sites (N-methyl/N-ethyl adjacent to an activating group) is 1. The summed E-state index contributed by atoms with van der Waals surface area (Å²) in [5.41, 5.74) is 5.87. The minimum atomic E-state index is -0.256. The Bertz CT molecular complexity index is 1520. The van der Waals surface area contributed by atoms with Gasteiger partial charge in [0.25, 0.3) is 0 Å². The van der Waals surface area contributed by atoms with Gasteiger partial charge in [0.05, 0.1) is 23.9 Å². The highest BCUT2D eigenvalue weighted by Crippen LogP contribution is 2.36. The number of anilines is 3. The van der Waals surface area contributed by atoms with Crippen molar-refractivity contribution in [1.29, 1.82) is 0 Å². The topological polar surface area (TPSA) is 62.4 Å².